The third-order valence-electron chi connectivity index (χ3n) is 2.99. The predicted molar refractivity (Wildman–Crippen MR) is 85.0 cm³/mol. The molecule has 4 nitrogen and oxygen atoms in total. The Hall–Kier alpha value is -0.910. The number of aliphatic hydroxyl groups is 1. The fourth-order valence-electron chi connectivity index (χ4n) is 1.54. The third kappa shape index (κ3) is 6.50. The molecule has 1 aromatic carbocycles. The average Bonchev–Trinajstić information content (AvgIpc) is 2.45. The first-order valence-corrected chi connectivity index (χ1v) is 7.90. The van der Waals surface area contributed by atoms with E-state index < -0.39 is 6.10 Å². The van der Waals surface area contributed by atoms with Crippen molar-refractivity contribution in [3.05, 3.63) is 24.3 Å². The lowest BCUT2D eigenvalue weighted by Crippen LogP contribution is -2.38. The van der Waals surface area contributed by atoms with E-state index >= 15 is 0 Å². The molecule has 0 aliphatic carbocycles. The smallest absolute Gasteiger partial charge is 0.119 e. The molecule has 2 N–H and O–H groups in total. The molecule has 1 unspecified atom stereocenters. The molecular weight excluding hydrogens is 274 g/mol. The molecule has 0 aromatic heterocycles. The molecule has 1 atom stereocenters. The molecule has 0 saturated heterocycles. The number of hydrogen-bond donors (Lipinski definition) is 2. The second kappa shape index (κ2) is 8.39. The van der Waals surface area contributed by atoms with Crippen LogP contribution in [-0.4, -0.2) is 49.0 Å². The number of thioether (sulfide) groups is 1. The third-order valence-corrected chi connectivity index (χ3v) is 4.23. The first-order chi connectivity index (χ1) is 9.46. The Bertz CT molecular complexity index is 381. The minimum Gasteiger partial charge on any atom is -0.497 e. The molecule has 0 fully saturated rings. The highest BCUT2D eigenvalue weighted by molar-refractivity contribution is 7.99. The van der Waals surface area contributed by atoms with Gasteiger partial charge in [-0.15, -0.1) is 0 Å². The highest BCUT2D eigenvalue weighted by atomic mass is 32.2. The van der Waals surface area contributed by atoms with Gasteiger partial charge in [-0.05, 0) is 44.4 Å². The summed E-state index contributed by atoms with van der Waals surface area (Å²) in [6, 6.07) is 7.33. The van der Waals surface area contributed by atoms with E-state index in [1.165, 1.54) is 0 Å². The molecule has 0 aliphatic heterocycles. The van der Waals surface area contributed by atoms with Gasteiger partial charge in [0, 0.05) is 17.8 Å². The summed E-state index contributed by atoms with van der Waals surface area (Å²) in [4.78, 5) is 0. The quantitative estimate of drug-likeness (QED) is 0.732. The van der Waals surface area contributed by atoms with E-state index in [1.807, 2.05) is 24.3 Å². The van der Waals surface area contributed by atoms with E-state index in [4.69, 9.17) is 9.47 Å². The molecule has 0 heterocycles. The van der Waals surface area contributed by atoms with Crippen LogP contribution in [0.1, 0.15) is 13.8 Å². The summed E-state index contributed by atoms with van der Waals surface area (Å²) in [5.41, 5.74) is 0. The maximum Gasteiger partial charge on any atom is 0.119 e. The van der Waals surface area contributed by atoms with Crippen LogP contribution in [0.4, 0.5) is 0 Å². The summed E-state index contributed by atoms with van der Waals surface area (Å²) < 4.78 is 10.8. The fraction of sp³-hybridized carbons (Fsp3) is 0.600. The predicted octanol–water partition coefficient (Wildman–Crippen LogP) is 2.17. The van der Waals surface area contributed by atoms with Crippen LogP contribution >= 0.6 is 11.8 Å². The second-order valence-electron chi connectivity index (χ2n) is 5.24. The number of hydrogen-bond acceptors (Lipinski definition) is 5. The van der Waals surface area contributed by atoms with Crippen molar-refractivity contribution in [1.82, 2.24) is 5.32 Å². The minimum absolute atomic E-state index is 0.177. The van der Waals surface area contributed by atoms with E-state index in [9.17, 15) is 5.11 Å². The van der Waals surface area contributed by atoms with Crippen LogP contribution < -0.4 is 14.8 Å². The molecule has 0 radical (unpaired) electrons. The van der Waals surface area contributed by atoms with Crippen molar-refractivity contribution in [2.75, 3.05) is 33.1 Å². The van der Waals surface area contributed by atoms with E-state index in [0.717, 1.165) is 18.0 Å². The molecule has 1 rings (SSSR count). The molecule has 0 bridgehead atoms. The molecule has 0 spiro atoms. The Morgan fingerprint density at radius 3 is 2.40 bits per heavy atom. The largest absolute Gasteiger partial charge is 0.497 e. The van der Waals surface area contributed by atoms with Gasteiger partial charge >= 0.3 is 0 Å². The van der Waals surface area contributed by atoms with Crippen LogP contribution in [0, 0.1) is 0 Å². The van der Waals surface area contributed by atoms with Crippen LogP contribution in [0.3, 0.4) is 0 Å². The maximum absolute atomic E-state index is 9.86. The number of ether oxygens (including phenoxy) is 2. The Labute approximate surface area is 125 Å². The molecule has 0 saturated carbocycles. The van der Waals surface area contributed by atoms with Gasteiger partial charge in [-0.1, -0.05) is 0 Å². The maximum atomic E-state index is 9.86. The van der Waals surface area contributed by atoms with E-state index in [1.54, 1.807) is 18.9 Å². The molecule has 0 aliphatic rings. The van der Waals surface area contributed by atoms with Gasteiger partial charge in [-0.3, -0.25) is 0 Å². The number of benzene rings is 1. The van der Waals surface area contributed by atoms with Gasteiger partial charge in [0.05, 0.1) is 7.11 Å². The van der Waals surface area contributed by atoms with E-state index in [0.29, 0.717) is 6.54 Å². The zero-order valence-corrected chi connectivity index (χ0v) is 13.5. The number of nitrogens with one attached hydrogen (secondary N) is 1. The lowest BCUT2D eigenvalue weighted by Gasteiger charge is -2.23. The zero-order chi connectivity index (χ0) is 15.0. The summed E-state index contributed by atoms with van der Waals surface area (Å²) >= 11 is 1.81. The molecule has 0 amide bonds. The summed E-state index contributed by atoms with van der Waals surface area (Å²) in [5.74, 6) is 1.52. The number of methoxy groups -OCH3 is 1. The van der Waals surface area contributed by atoms with Crippen molar-refractivity contribution in [2.24, 2.45) is 0 Å². The van der Waals surface area contributed by atoms with Crippen LogP contribution in [0.15, 0.2) is 24.3 Å². The monoisotopic (exact) mass is 299 g/mol. The van der Waals surface area contributed by atoms with Gasteiger partial charge in [-0.2, -0.15) is 11.8 Å². The fourth-order valence-corrected chi connectivity index (χ4v) is 1.78. The minimum atomic E-state index is -0.519. The van der Waals surface area contributed by atoms with Gasteiger partial charge in [0.15, 0.2) is 0 Å². The topological polar surface area (TPSA) is 50.7 Å². The summed E-state index contributed by atoms with van der Waals surface area (Å²) in [6.45, 7) is 6.00. The first-order valence-electron chi connectivity index (χ1n) is 6.67. The molecule has 1 aromatic rings. The number of aliphatic hydroxyl groups excluding tert-OH is 1. The molecule has 5 heteroatoms. The van der Waals surface area contributed by atoms with Crippen LogP contribution in [0.25, 0.3) is 0 Å². The van der Waals surface area contributed by atoms with Crippen molar-refractivity contribution in [3.63, 3.8) is 0 Å². The zero-order valence-electron chi connectivity index (χ0n) is 12.7. The second-order valence-corrected chi connectivity index (χ2v) is 6.75. The SMILES string of the molecule is COc1ccc(OCC(O)CNCC(C)(C)SC)cc1. The Balaban J connectivity index is 2.23. The Morgan fingerprint density at radius 1 is 1.25 bits per heavy atom. The van der Waals surface area contributed by atoms with Crippen LogP contribution in [0.2, 0.25) is 0 Å². The highest BCUT2D eigenvalue weighted by Gasteiger charge is 2.15. The van der Waals surface area contributed by atoms with Gasteiger partial charge < -0.3 is 19.9 Å². The summed E-state index contributed by atoms with van der Waals surface area (Å²) in [5, 5.41) is 13.1. The van der Waals surface area contributed by atoms with Gasteiger partial charge in [0.25, 0.3) is 0 Å². The van der Waals surface area contributed by atoms with Gasteiger partial charge in [0.1, 0.15) is 24.2 Å². The lowest BCUT2D eigenvalue weighted by molar-refractivity contribution is 0.106. The van der Waals surface area contributed by atoms with Crippen molar-refractivity contribution in [2.45, 2.75) is 24.7 Å². The molecular formula is C15H25NO3S. The number of rotatable bonds is 9. The van der Waals surface area contributed by atoms with E-state index in [2.05, 4.69) is 25.4 Å². The molecule has 20 heavy (non-hydrogen) atoms. The normalized spacial score (nSPS) is 13.1. The Morgan fingerprint density at radius 2 is 1.85 bits per heavy atom. The first kappa shape index (κ1) is 17.1. The summed E-state index contributed by atoms with van der Waals surface area (Å²) in [7, 11) is 1.63. The lowest BCUT2D eigenvalue weighted by atomic mass is 10.2. The van der Waals surface area contributed by atoms with Crippen molar-refractivity contribution in [1.29, 1.82) is 0 Å². The standard InChI is InChI=1S/C15H25NO3S/c1-15(2,20-4)11-16-9-12(17)10-19-14-7-5-13(18-3)6-8-14/h5-8,12,16-17H,9-11H2,1-4H3. The van der Waals surface area contributed by atoms with Gasteiger partial charge in [0.2, 0.25) is 0 Å². The summed E-state index contributed by atoms with van der Waals surface area (Å²) in [6.07, 6.45) is 1.57. The van der Waals surface area contributed by atoms with Gasteiger partial charge in [-0.25, -0.2) is 0 Å². The Kier molecular flexibility index (Phi) is 7.19. The van der Waals surface area contributed by atoms with Crippen LogP contribution in [0.5, 0.6) is 11.5 Å². The molecule has 114 valence electrons. The highest BCUT2D eigenvalue weighted by Crippen LogP contribution is 2.19. The van der Waals surface area contributed by atoms with Crippen molar-refractivity contribution in [3.8, 4) is 11.5 Å². The average molecular weight is 299 g/mol. The van der Waals surface area contributed by atoms with Crippen molar-refractivity contribution >= 4 is 11.8 Å². The van der Waals surface area contributed by atoms with E-state index in [-0.39, 0.29) is 11.4 Å². The van der Waals surface area contributed by atoms with Crippen LogP contribution in [-0.2, 0) is 0 Å². The van der Waals surface area contributed by atoms with Crippen molar-refractivity contribution < 1.29 is 14.6 Å².